The molecule has 0 aliphatic carbocycles. The van der Waals surface area contributed by atoms with Crippen molar-refractivity contribution in [2.24, 2.45) is 0 Å². The largest absolute Gasteiger partial charge is 0.421 e. The molecule has 7 nitrogen and oxygen atoms in total. The first-order chi connectivity index (χ1) is 12.0. The van der Waals surface area contributed by atoms with Crippen LogP contribution in [-0.4, -0.2) is 33.2 Å². The highest BCUT2D eigenvalue weighted by Crippen LogP contribution is 2.34. The molecule has 0 unspecified atom stereocenters. The van der Waals surface area contributed by atoms with Gasteiger partial charge in [-0.05, 0) is 13.8 Å². The average Bonchev–Trinajstić information content (AvgIpc) is 2.93. The first-order valence-electron chi connectivity index (χ1n) is 7.18. The van der Waals surface area contributed by atoms with Gasteiger partial charge < -0.3 is 10.6 Å². The summed E-state index contributed by atoms with van der Waals surface area (Å²) < 4.78 is 65.6. The molecule has 0 aliphatic rings. The van der Waals surface area contributed by atoms with Gasteiger partial charge >= 0.3 is 6.18 Å². The summed E-state index contributed by atoms with van der Waals surface area (Å²) in [5, 5.41) is 17.8. The Balaban J connectivity index is 2.37. The number of anilines is 3. The first kappa shape index (κ1) is 19.4. The summed E-state index contributed by atoms with van der Waals surface area (Å²) in [7, 11) is 1.27. The molecule has 2 aromatic heterocycles. The third-order valence-electron chi connectivity index (χ3n) is 3.60. The van der Waals surface area contributed by atoms with Gasteiger partial charge in [0.1, 0.15) is 11.4 Å². The Morgan fingerprint density at radius 3 is 2.46 bits per heavy atom. The fourth-order valence-corrected chi connectivity index (χ4v) is 1.98. The molecule has 2 aromatic rings. The maximum absolute atomic E-state index is 13.1. The van der Waals surface area contributed by atoms with Gasteiger partial charge in [0.15, 0.2) is 0 Å². The zero-order chi connectivity index (χ0) is 19.7. The van der Waals surface area contributed by atoms with E-state index in [2.05, 4.69) is 25.7 Å². The standard InChI is InChI=1S/C14H14F5N7/c1-7-9(5-26(25-7)13(2,6-20)11(15)16)23-12-22-4-8(14(17,18)19)10(21-3)24-12/h4-5,11H,1-3H3,(H2,21,22,23,24)/t13-/m0/s1. The lowest BCUT2D eigenvalue weighted by Crippen LogP contribution is -2.36. The molecule has 12 heteroatoms. The number of aromatic nitrogens is 4. The summed E-state index contributed by atoms with van der Waals surface area (Å²) in [5.41, 5.74) is -2.83. The molecule has 26 heavy (non-hydrogen) atoms. The number of hydrogen-bond donors (Lipinski definition) is 2. The Kier molecular flexibility index (Phi) is 5.02. The van der Waals surface area contributed by atoms with Crippen molar-refractivity contribution in [1.29, 1.82) is 5.26 Å². The Morgan fingerprint density at radius 2 is 1.96 bits per heavy atom. The molecule has 0 spiro atoms. The van der Waals surface area contributed by atoms with Crippen molar-refractivity contribution in [2.45, 2.75) is 32.0 Å². The molecular weight excluding hydrogens is 361 g/mol. The van der Waals surface area contributed by atoms with E-state index in [1.165, 1.54) is 20.0 Å². The van der Waals surface area contributed by atoms with Crippen molar-refractivity contribution in [3.8, 4) is 6.07 Å². The van der Waals surface area contributed by atoms with Gasteiger partial charge in [-0.1, -0.05) is 0 Å². The van der Waals surface area contributed by atoms with Crippen LogP contribution < -0.4 is 10.6 Å². The number of hydrogen-bond acceptors (Lipinski definition) is 6. The van der Waals surface area contributed by atoms with Gasteiger partial charge in [-0.25, -0.2) is 18.4 Å². The zero-order valence-electron chi connectivity index (χ0n) is 13.9. The van der Waals surface area contributed by atoms with Crippen LogP contribution in [0.3, 0.4) is 0 Å². The van der Waals surface area contributed by atoms with Crippen LogP contribution in [0.5, 0.6) is 0 Å². The monoisotopic (exact) mass is 375 g/mol. The second kappa shape index (κ2) is 6.74. The van der Waals surface area contributed by atoms with Crippen LogP contribution in [0.1, 0.15) is 18.2 Å². The molecule has 0 saturated heterocycles. The molecule has 0 aliphatic heterocycles. The number of aryl methyl sites for hydroxylation is 1. The minimum Gasteiger partial charge on any atom is -0.372 e. The topological polar surface area (TPSA) is 91.5 Å². The third-order valence-corrected chi connectivity index (χ3v) is 3.60. The lowest BCUT2D eigenvalue weighted by molar-refractivity contribution is -0.137. The van der Waals surface area contributed by atoms with Crippen LogP contribution in [0.2, 0.25) is 0 Å². The second-order valence-corrected chi connectivity index (χ2v) is 5.46. The lowest BCUT2D eigenvalue weighted by atomic mass is 10.1. The molecule has 2 rings (SSSR count). The van der Waals surface area contributed by atoms with Crippen LogP contribution in [0.4, 0.5) is 39.4 Å². The number of rotatable bonds is 5. The van der Waals surface area contributed by atoms with Gasteiger partial charge in [-0.15, -0.1) is 0 Å². The van der Waals surface area contributed by atoms with Crippen LogP contribution >= 0.6 is 0 Å². The summed E-state index contributed by atoms with van der Waals surface area (Å²) in [5.74, 6) is -0.643. The minimum atomic E-state index is -4.64. The Bertz CT molecular complexity index is 839. The van der Waals surface area contributed by atoms with E-state index in [4.69, 9.17) is 5.26 Å². The molecule has 0 saturated carbocycles. The van der Waals surface area contributed by atoms with E-state index >= 15 is 0 Å². The smallest absolute Gasteiger partial charge is 0.372 e. The van der Waals surface area contributed by atoms with E-state index in [0.29, 0.717) is 6.20 Å². The van der Waals surface area contributed by atoms with Gasteiger partial charge in [0, 0.05) is 13.2 Å². The zero-order valence-corrected chi connectivity index (χ0v) is 13.9. The van der Waals surface area contributed by atoms with E-state index in [1.807, 2.05) is 0 Å². The Morgan fingerprint density at radius 1 is 1.31 bits per heavy atom. The van der Waals surface area contributed by atoms with Crippen LogP contribution in [-0.2, 0) is 11.7 Å². The fraction of sp³-hybridized carbons (Fsp3) is 0.429. The summed E-state index contributed by atoms with van der Waals surface area (Å²) in [4.78, 5) is 7.30. The number of nitrogens with one attached hydrogen (secondary N) is 2. The normalized spacial score (nSPS) is 14.0. The van der Waals surface area contributed by atoms with Crippen molar-refractivity contribution in [2.75, 3.05) is 17.7 Å². The van der Waals surface area contributed by atoms with Gasteiger partial charge in [-0.2, -0.15) is 28.5 Å². The van der Waals surface area contributed by atoms with E-state index in [9.17, 15) is 22.0 Å². The van der Waals surface area contributed by atoms with E-state index < -0.39 is 29.5 Å². The molecule has 0 bridgehead atoms. The SMILES string of the molecule is CNc1nc(Nc2cn([C@@](C)(C#N)C(F)F)nc2C)ncc1C(F)(F)F. The van der Waals surface area contributed by atoms with Gasteiger partial charge in [-0.3, -0.25) is 0 Å². The average molecular weight is 375 g/mol. The molecule has 2 N–H and O–H groups in total. The van der Waals surface area contributed by atoms with Crippen molar-refractivity contribution in [3.63, 3.8) is 0 Å². The van der Waals surface area contributed by atoms with E-state index in [-0.39, 0.29) is 17.3 Å². The molecule has 0 amide bonds. The highest BCUT2D eigenvalue weighted by molar-refractivity contribution is 5.58. The molecule has 0 radical (unpaired) electrons. The van der Waals surface area contributed by atoms with Crippen LogP contribution in [0.15, 0.2) is 12.4 Å². The van der Waals surface area contributed by atoms with Crippen molar-refractivity contribution in [3.05, 3.63) is 23.7 Å². The number of halogens is 5. The van der Waals surface area contributed by atoms with Gasteiger partial charge in [0.05, 0.1) is 23.6 Å². The lowest BCUT2D eigenvalue weighted by Gasteiger charge is -2.20. The molecule has 0 aromatic carbocycles. The summed E-state index contributed by atoms with van der Waals surface area (Å²) in [6, 6.07) is 1.50. The predicted molar refractivity (Wildman–Crippen MR) is 82.1 cm³/mol. The highest BCUT2D eigenvalue weighted by Gasteiger charge is 2.39. The quantitative estimate of drug-likeness (QED) is 0.780. The van der Waals surface area contributed by atoms with Crippen LogP contribution in [0, 0.1) is 18.3 Å². The number of nitrogens with zero attached hydrogens (tertiary/aromatic N) is 5. The fourth-order valence-electron chi connectivity index (χ4n) is 1.98. The second-order valence-electron chi connectivity index (χ2n) is 5.46. The van der Waals surface area contributed by atoms with Crippen LogP contribution in [0.25, 0.3) is 0 Å². The minimum absolute atomic E-state index is 0.175. The van der Waals surface area contributed by atoms with Gasteiger partial charge in [0.25, 0.3) is 6.43 Å². The maximum Gasteiger partial charge on any atom is 0.421 e. The van der Waals surface area contributed by atoms with E-state index in [1.54, 1.807) is 0 Å². The molecule has 1 atom stereocenters. The number of nitriles is 1. The van der Waals surface area contributed by atoms with E-state index in [0.717, 1.165) is 17.8 Å². The summed E-state index contributed by atoms with van der Waals surface area (Å²) in [6.45, 7) is 2.49. The van der Waals surface area contributed by atoms with Crippen molar-refractivity contribution in [1.82, 2.24) is 19.7 Å². The van der Waals surface area contributed by atoms with Crippen molar-refractivity contribution < 1.29 is 22.0 Å². The molecule has 0 fully saturated rings. The highest BCUT2D eigenvalue weighted by atomic mass is 19.4. The van der Waals surface area contributed by atoms with Gasteiger partial charge in [0.2, 0.25) is 11.5 Å². The third kappa shape index (κ3) is 3.51. The van der Waals surface area contributed by atoms with Crippen molar-refractivity contribution >= 4 is 17.5 Å². The first-order valence-corrected chi connectivity index (χ1v) is 7.18. The summed E-state index contributed by atoms with van der Waals surface area (Å²) >= 11 is 0. The Hall–Kier alpha value is -2.97. The number of alkyl halides is 5. The predicted octanol–water partition coefficient (Wildman–Crippen LogP) is 3.29. The molecule has 2 heterocycles. The summed E-state index contributed by atoms with van der Waals surface area (Å²) in [6.07, 6.45) is -5.90. The Labute approximate surface area is 144 Å². The molecular formula is C14H14F5N7. The molecule has 140 valence electrons. The maximum atomic E-state index is 13.1.